The first kappa shape index (κ1) is 10.4. The van der Waals surface area contributed by atoms with Crippen LogP contribution in [-0.2, 0) is 6.54 Å². The van der Waals surface area contributed by atoms with E-state index in [-0.39, 0.29) is 6.04 Å². The zero-order chi connectivity index (χ0) is 10.7. The quantitative estimate of drug-likeness (QED) is 0.864. The Kier molecular flexibility index (Phi) is 3.18. The smallest absolute Gasteiger partial charge is 0.117 e. The van der Waals surface area contributed by atoms with Crippen LogP contribution in [0.25, 0.3) is 0 Å². The molecule has 2 aromatic rings. The molecular formula is C11H14N2OS. The van der Waals surface area contributed by atoms with Crippen molar-refractivity contribution in [1.82, 2.24) is 10.3 Å². The van der Waals surface area contributed by atoms with Gasteiger partial charge in [-0.05, 0) is 26.0 Å². The summed E-state index contributed by atoms with van der Waals surface area (Å²) in [7, 11) is 0. The summed E-state index contributed by atoms with van der Waals surface area (Å²) < 4.78 is 5.47. The molecule has 0 bridgehead atoms. The lowest BCUT2D eigenvalue weighted by Gasteiger charge is -2.09. The van der Waals surface area contributed by atoms with Crippen LogP contribution in [-0.4, -0.2) is 4.98 Å². The maximum Gasteiger partial charge on any atom is 0.117 e. The first-order valence-corrected chi connectivity index (χ1v) is 5.87. The van der Waals surface area contributed by atoms with Crippen molar-refractivity contribution in [3.05, 3.63) is 40.2 Å². The molecular weight excluding hydrogens is 208 g/mol. The molecule has 0 fully saturated rings. The summed E-state index contributed by atoms with van der Waals surface area (Å²) in [6.45, 7) is 4.80. The summed E-state index contributed by atoms with van der Waals surface area (Å²) in [6.07, 6.45) is 0. The number of aryl methyl sites for hydroxylation is 1. The van der Waals surface area contributed by atoms with E-state index in [0.29, 0.717) is 0 Å². The van der Waals surface area contributed by atoms with Crippen LogP contribution in [0.1, 0.15) is 30.2 Å². The third kappa shape index (κ3) is 2.67. The van der Waals surface area contributed by atoms with Gasteiger partial charge in [-0.25, -0.2) is 4.98 Å². The van der Waals surface area contributed by atoms with Crippen LogP contribution < -0.4 is 5.32 Å². The Morgan fingerprint density at radius 3 is 3.00 bits per heavy atom. The second kappa shape index (κ2) is 4.59. The highest BCUT2D eigenvalue weighted by Gasteiger charge is 2.07. The van der Waals surface area contributed by atoms with Crippen LogP contribution in [0.3, 0.4) is 0 Å². The summed E-state index contributed by atoms with van der Waals surface area (Å²) in [4.78, 5) is 4.26. The maximum absolute atomic E-state index is 5.47. The molecule has 4 heteroatoms. The van der Waals surface area contributed by atoms with E-state index in [0.717, 1.165) is 23.8 Å². The Morgan fingerprint density at radius 2 is 2.40 bits per heavy atom. The summed E-state index contributed by atoms with van der Waals surface area (Å²) >= 11 is 1.62. The third-order valence-corrected chi connectivity index (χ3v) is 2.88. The highest BCUT2D eigenvalue weighted by atomic mass is 32.1. The molecule has 0 amide bonds. The number of nitrogens with one attached hydrogen (secondary N) is 1. The molecule has 0 aliphatic carbocycles. The van der Waals surface area contributed by atoms with Crippen LogP contribution in [0.2, 0.25) is 0 Å². The Bertz CT molecular complexity index is 408. The fraction of sp³-hybridized carbons (Fsp3) is 0.364. The molecule has 0 aliphatic rings. The highest BCUT2D eigenvalue weighted by molar-refractivity contribution is 7.07. The average Bonchev–Trinajstić information content (AvgIpc) is 2.84. The van der Waals surface area contributed by atoms with E-state index in [1.807, 2.05) is 24.6 Å². The Balaban J connectivity index is 1.88. The largest absolute Gasteiger partial charge is 0.465 e. The summed E-state index contributed by atoms with van der Waals surface area (Å²) in [5, 5.41) is 5.43. The number of furan rings is 1. The highest BCUT2D eigenvalue weighted by Crippen LogP contribution is 2.13. The summed E-state index contributed by atoms with van der Waals surface area (Å²) in [5.41, 5.74) is 2.94. The number of aromatic nitrogens is 1. The lowest BCUT2D eigenvalue weighted by Crippen LogP contribution is -2.17. The number of hydrogen-bond donors (Lipinski definition) is 1. The first-order chi connectivity index (χ1) is 7.25. The molecule has 0 radical (unpaired) electrons. The number of rotatable bonds is 4. The Hall–Kier alpha value is -1.13. The third-order valence-electron chi connectivity index (χ3n) is 2.27. The molecule has 0 aliphatic heterocycles. The molecule has 2 aromatic heterocycles. The van der Waals surface area contributed by atoms with Gasteiger partial charge < -0.3 is 9.73 Å². The van der Waals surface area contributed by atoms with Crippen molar-refractivity contribution >= 4 is 11.3 Å². The van der Waals surface area contributed by atoms with E-state index < -0.39 is 0 Å². The number of nitrogens with zero attached hydrogens (tertiary/aromatic N) is 1. The minimum Gasteiger partial charge on any atom is -0.465 e. The fourth-order valence-electron chi connectivity index (χ4n) is 1.37. The molecule has 0 spiro atoms. The van der Waals surface area contributed by atoms with Crippen molar-refractivity contribution < 1.29 is 4.42 Å². The predicted molar refractivity (Wildman–Crippen MR) is 60.8 cm³/mol. The molecule has 2 rings (SSSR count). The Labute approximate surface area is 93.2 Å². The zero-order valence-electron chi connectivity index (χ0n) is 8.86. The van der Waals surface area contributed by atoms with E-state index in [2.05, 4.69) is 22.6 Å². The van der Waals surface area contributed by atoms with Gasteiger partial charge in [0.2, 0.25) is 0 Å². The molecule has 0 aromatic carbocycles. The van der Waals surface area contributed by atoms with Gasteiger partial charge in [-0.2, -0.15) is 0 Å². The van der Waals surface area contributed by atoms with Crippen molar-refractivity contribution in [2.24, 2.45) is 0 Å². The second-order valence-corrected chi connectivity index (χ2v) is 4.25. The molecule has 0 saturated carbocycles. The van der Waals surface area contributed by atoms with Crippen LogP contribution in [0.4, 0.5) is 0 Å². The van der Waals surface area contributed by atoms with Crippen LogP contribution in [0.5, 0.6) is 0 Å². The fourth-order valence-corrected chi connectivity index (χ4v) is 2.02. The van der Waals surface area contributed by atoms with E-state index in [1.165, 1.54) is 0 Å². The summed E-state index contributed by atoms with van der Waals surface area (Å²) in [6, 6.07) is 4.24. The van der Waals surface area contributed by atoms with Crippen molar-refractivity contribution in [2.75, 3.05) is 0 Å². The van der Waals surface area contributed by atoms with E-state index in [4.69, 9.17) is 4.42 Å². The number of thiazole rings is 1. The van der Waals surface area contributed by atoms with Crippen molar-refractivity contribution in [3.8, 4) is 0 Å². The van der Waals surface area contributed by atoms with Gasteiger partial charge in [0.05, 0.1) is 17.7 Å². The van der Waals surface area contributed by atoms with Crippen molar-refractivity contribution in [3.63, 3.8) is 0 Å². The zero-order valence-corrected chi connectivity index (χ0v) is 9.67. The van der Waals surface area contributed by atoms with Gasteiger partial charge in [-0.1, -0.05) is 0 Å². The van der Waals surface area contributed by atoms with Gasteiger partial charge in [0.1, 0.15) is 11.5 Å². The minimum atomic E-state index is 0.265. The molecule has 15 heavy (non-hydrogen) atoms. The van der Waals surface area contributed by atoms with Crippen LogP contribution in [0.15, 0.2) is 27.4 Å². The normalized spacial score (nSPS) is 12.9. The number of hydrogen-bond acceptors (Lipinski definition) is 4. The van der Waals surface area contributed by atoms with Gasteiger partial charge in [-0.3, -0.25) is 0 Å². The second-order valence-electron chi connectivity index (χ2n) is 3.53. The van der Waals surface area contributed by atoms with E-state index in [1.54, 1.807) is 11.3 Å². The van der Waals surface area contributed by atoms with Gasteiger partial charge in [0.25, 0.3) is 0 Å². The molecule has 80 valence electrons. The molecule has 3 nitrogen and oxygen atoms in total. The lowest BCUT2D eigenvalue weighted by atomic mass is 10.2. The lowest BCUT2D eigenvalue weighted by molar-refractivity contribution is 0.442. The standard InChI is InChI=1S/C11H14N2OS/c1-8-3-4-10(14-8)5-12-9(2)11-6-15-7-13-11/h3-4,6-7,9,12H,5H2,1-2H3. The van der Waals surface area contributed by atoms with Gasteiger partial charge in [0.15, 0.2) is 0 Å². The van der Waals surface area contributed by atoms with Crippen molar-refractivity contribution in [2.45, 2.75) is 26.4 Å². The molecule has 1 unspecified atom stereocenters. The molecule has 0 saturated heterocycles. The monoisotopic (exact) mass is 222 g/mol. The van der Waals surface area contributed by atoms with E-state index >= 15 is 0 Å². The van der Waals surface area contributed by atoms with Crippen LogP contribution in [0, 0.1) is 6.92 Å². The van der Waals surface area contributed by atoms with Gasteiger partial charge in [0, 0.05) is 11.4 Å². The van der Waals surface area contributed by atoms with Crippen molar-refractivity contribution in [1.29, 1.82) is 0 Å². The topological polar surface area (TPSA) is 38.1 Å². The van der Waals surface area contributed by atoms with Gasteiger partial charge in [-0.15, -0.1) is 11.3 Å². The predicted octanol–water partition coefficient (Wildman–Crippen LogP) is 2.90. The molecule has 1 atom stereocenters. The van der Waals surface area contributed by atoms with E-state index in [9.17, 15) is 0 Å². The maximum atomic E-state index is 5.47. The van der Waals surface area contributed by atoms with Crippen LogP contribution >= 0.6 is 11.3 Å². The first-order valence-electron chi connectivity index (χ1n) is 4.92. The molecule has 2 heterocycles. The van der Waals surface area contributed by atoms with Gasteiger partial charge >= 0.3 is 0 Å². The minimum absolute atomic E-state index is 0.265. The average molecular weight is 222 g/mol. The SMILES string of the molecule is Cc1ccc(CNC(C)c2cscn2)o1. The molecule has 1 N–H and O–H groups in total. The Morgan fingerprint density at radius 1 is 1.53 bits per heavy atom. The summed E-state index contributed by atoms with van der Waals surface area (Å²) in [5.74, 6) is 1.92.